The molecule has 11 rings (SSSR count). The molecule has 0 unspecified atom stereocenters. The second kappa shape index (κ2) is 12.6. The van der Waals surface area contributed by atoms with E-state index in [0.29, 0.717) is 0 Å². The third-order valence-corrected chi connectivity index (χ3v) is 10.9. The second-order valence-corrected chi connectivity index (χ2v) is 14.1. The van der Waals surface area contributed by atoms with E-state index in [1.54, 1.807) is 0 Å². The smallest absolute Gasteiger partial charge is 0.159 e. The Kier molecular flexibility index (Phi) is 7.17. The molecule has 2 heterocycles. The van der Waals surface area contributed by atoms with Gasteiger partial charge in [-0.3, -0.25) is 0 Å². The van der Waals surface area contributed by atoms with Gasteiger partial charge in [0.15, 0.2) is 5.58 Å². The van der Waals surface area contributed by atoms with Gasteiger partial charge in [0.05, 0.1) is 11.4 Å². The number of fused-ring (bicyclic) bond motifs is 7. The molecular formula is C52H33NO2. The lowest BCUT2D eigenvalue weighted by atomic mass is 9.96. The summed E-state index contributed by atoms with van der Waals surface area (Å²) in [4.78, 5) is 2.27. The molecule has 0 saturated heterocycles. The fraction of sp³-hybridized carbons (Fsp3) is 0. The van der Waals surface area contributed by atoms with Gasteiger partial charge < -0.3 is 13.7 Å². The lowest BCUT2D eigenvalue weighted by molar-refractivity contribution is 0.667. The Morgan fingerprint density at radius 1 is 0.291 bits per heavy atom. The van der Waals surface area contributed by atoms with Gasteiger partial charge in [0.25, 0.3) is 0 Å². The first-order valence-corrected chi connectivity index (χ1v) is 18.7. The van der Waals surface area contributed by atoms with Crippen LogP contribution in [0.5, 0.6) is 0 Å². The molecule has 0 spiro atoms. The summed E-state index contributed by atoms with van der Waals surface area (Å²) in [7, 11) is 0. The summed E-state index contributed by atoms with van der Waals surface area (Å²) in [5.41, 5.74) is 13.6. The van der Waals surface area contributed by atoms with Gasteiger partial charge in [-0.25, -0.2) is 0 Å². The molecule has 0 radical (unpaired) electrons. The third-order valence-electron chi connectivity index (χ3n) is 10.9. The highest BCUT2D eigenvalue weighted by Gasteiger charge is 2.20. The molecule has 0 saturated carbocycles. The summed E-state index contributed by atoms with van der Waals surface area (Å²) in [6, 6.07) is 71.0. The van der Waals surface area contributed by atoms with Crippen LogP contribution in [-0.2, 0) is 0 Å². The minimum absolute atomic E-state index is 0.845. The molecule has 0 aliphatic heterocycles. The Bertz CT molecular complexity index is 3200. The van der Waals surface area contributed by atoms with Crippen molar-refractivity contribution >= 4 is 71.7 Å². The van der Waals surface area contributed by atoms with Crippen LogP contribution >= 0.6 is 0 Å². The predicted molar refractivity (Wildman–Crippen MR) is 229 cm³/mol. The zero-order valence-corrected chi connectivity index (χ0v) is 29.8. The molecule has 0 N–H and O–H groups in total. The highest BCUT2D eigenvalue weighted by atomic mass is 16.3. The van der Waals surface area contributed by atoms with Crippen molar-refractivity contribution in [3.63, 3.8) is 0 Å². The van der Waals surface area contributed by atoms with Gasteiger partial charge in [-0.1, -0.05) is 140 Å². The van der Waals surface area contributed by atoms with E-state index in [1.807, 2.05) is 24.3 Å². The maximum Gasteiger partial charge on any atom is 0.159 e. The van der Waals surface area contributed by atoms with Crippen molar-refractivity contribution < 1.29 is 8.83 Å². The van der Waals surface area contributed by atoms with E-state index >= 15 is 0 Å². The van der Waals surface area contributed by atoms with Crippen LogP contribution < -0.4 is 4.90 Å². The minimum Gasteiger partial charge on any atom is -0.456 e. The number of para-hydroxylation sites is 3. The maximum atomic E-state index is 6.57. The van der Waals surface area contributed by atoms with Gasteiger partial charge in [0.1, 0.15) is 16.7 Å². The van der Waals surface area contributed by atoms with Crippen LogP contribution in [0.3, 0.4) is 0 Å². The van der Waals surface area contributed by atoms with E-state index in [1.165, 1.54) is 33.0 Å². The summed E-state index contributed by atoms with van der Waals surface area (Å²) in [5.74, 6) is 0. The van der Waals surface area contributed by atoms with Crippen LogP contribution in [0.4, 0.5) is 17.1 Å². The Labute approximate surface area is 317 Å². The van der Waals surface area contributed by atoms with Gasteiger partial charge in [-0.05, 0) is 98.8 Å². The highest BCUT2D eigenvalue weighted by Crippen LogP contribution is 2.44. The number of hydrogen-bond donors (Lipinski definition) is 0. The fourth-order valence-corrected chi connectivity index (χ4v) is 8.09. The van der Waals surface area contributed by atoms with Crippen LogP contribution in [0.1, 0.15) is 0 Å². The number of anilines is 3. The summed E-state index contributed by atoms with van der Waals surface area (Å²) >= 11 is 0. The fourth-order valence-electron chi connectivity index (χ4n) is 8.09. The largest absolute Gasteiger partial charge is 0.456 e. The second-order valence-electron chi connectivity index (χ2n) is 14.1. The molecular weight excluding hydrogens is 671 g/mol. The minimum atomic E-state index is 0.845. The quantitative estimate of drug-likeness (QED) is 0.173. The van der Waals surface area contributed by atoms with Crippen molar-refractivity contribution in [1.82, 2.24) is 0 Å². The average Bonchev–Trinajstić information content (AvgIpc) is 3.83. The molecule has 0 bridgehead atoms. The van der Waals surface area contributed by atoms with E-state index in [-0.39, 0.29) is 0 Å². The SMILES string of the molecule is c1cc(-c2ccc(-c3ccc(N(c4ccc5c(c4)oc4ccccc45)c4cccc5c4oc4ccccc45)cc3)cc2)cc(-c2ccc3ccccc3c2)c1. The van der Waals surface area contributed by atoms with Crippen molar-refractivity contribution in [3.05, 3.63) is 200 Å². The zero-order valence-electron chi connectivity index (χ0n) is 29.8. The van der Waals surface area contributed by atoms with E-state index in [9.17, 15) is 0 Å². The van der Waals surface area contributed by atoms with Crippen molar-refractivity contribution in [2.75, 3.05) is 4.90 Å². The van der Waals surface area contributed by atoms with Crippen LogP contribution in [0, 0.1) is 0 Å². The monoisotopic (exact) mass is 703 g/mol. The molecule has 0 fully saturated rings. The Morgan fingerprint density at radius 2 is 0.818 bits per heavy atom. The highest BCUT2D eigenvalue weighted by molar-refractivity contribution is 6.11. The summed E-state index contributed by atoms with van der Waals surface area (Å²) in [6.45, 7) is 0. The van der Waals surface area contributed by atoms with Crippen LogP contribution in [0.25, 0.3) is 88.0 Å². The van der Waals surface area contributed by atoms with E-state index in [2.05, 4.69) is 181 Å². The van der Waals surface area contributed by atoms with E-state index in [0.717, 1.165) is 72.1 Å². The first kappa shape index (κ1) is 31.2. The van der Waals surface area contributed by atoms with E-state index in [4.69, 9.17) is 8.83 Å². The normalized spacial score (nSPS) is 11.6. The van der Waals surface area contributed by atoms with Gasteiger partial charge in [0, 0.05) is 33.3 Å². The molecule has 0 aliphatic carbocycles. The number of hydrogen-bond acceptors (Lipinski definition) is 3. The third kappa shape index (κ3) is 5.36. The van der Waals surface area contributed by atoms with Gasteiger partial charge in [0.2, 0.25) is 0 Å². The van der Waals surface area contributed by atoms with E-state index < -0.39 is 0 Å². The number of rotatable bonds is 6. The zero-order chi connectivity index (χ0) is 36.3. The number of furan rings is 2. The first-order chi connectivity index (χ1) is 27.2. The number of benzene rings is 9. The molecule has 0 aliphatic rings. The predicted octanol–water partition coefficient (Wildman–Crippen LogP) is 15.1. The number of nitrogens with zero attached hydrogens (tertiary/aromatic N) is 1. The summed E-state index contributed by atoms with van der Waals surface area (Å²) in [5, 5.41) is 6.91. The molecule has 0 atom stereocenters. The Hall–Kier alpha value is -7.36. The topological polar surface area (TPSA) is 29.5 Å². The lowest BCUT2D eigenvalue weighted by Crippen LogP contribution is -2.10. The molecule has 3 nitrogen and oxygen atoms in total. The molecule has 258 valence electrons. The maximum absolute atomic E-state index is 6.57. The van der Waals surface area contributed by atoms with Crippen molar-refractivity contribution in [3.8, 4) is 33.4 Å². The van der Waals surface area contributed by atoms with Crippen LogP contribution in [0.15, 0.2) is 209 Å². The van der Waals surface area contributed by atoms with Crippen LogP contribution in [0.2, 0.25) is 0 Å². The van der Waals surface area contributed by atoms with Crippen molar-refractivity contribution in [2.24, 2.45) is 0 Å². The summed E-state index contributed by atoms with van der Waals surface area (Å²) in [6.07, 6.45) is 0. The average molecular weight is 704 g/mol. The molecule has 55 heavy (non-hydrogen) atoms. The Balaban J connectivity index is 0.955. The molecule has 9 aromatic carbocycles. The van der Waals surface area contributed by atoms with Crippen molar-refractivity contribution in [1.29, 1.82) is 0 Å². The first-order valence-electron chi connectivity index (χ1n) is 18.7. The molecule has 11 aromatic rings. The van der Waals surface area contributed by atoms with Gasteiger partial charge >= 0.3 is 0 Å². The standard InChI is InChI=1S/C52H33NO2/c1-2-10-38-32-41(24-23-34(38)9-1)40-12-7-11-39(31-40)37-21-19-35(20-22-37)36-25-27-42(28-26-36)53(43-29-30-46-44-13-3-5-17-49(44)54-51(46)33-43)48-16-8-15-47-45-14-4-6-18-50(45)55-52(47)48/h1-33H. The van der Waals surface area contributed by atoms with Gasteiger partial charge in [-0.15, -0.1) is 0 Å². The lowest BCUT2D eigenvalue weighted by Gasteiger charge is -2.25. The molecule has 2 aromatic heterocycles. The van der Waals surface area contributed by atoms with Crippen molar-refractivity contribution in [2.45, 2.75) is 0 Å². The van der Waals surface area contributed by atoms with Crippen LogP contribution in [-0.4, -0.2) is 0 Å². The summed E-state index contributed by atoms with van der Waals surface area (Å²) < 4.78 is 12.9. The molecule has 0 amide bonds. The van der Waals surface area contributed by atoms with Gasteiger partial charge in [-0.2, -0.15) is 0 Å². The Morgan fingerprint density at radius 3 is 1.60 bits per heavy atom. The molecule has 3 heteroatoms.